The quantitative estimate of drug-likeness (QED) is 0.716. The highest BCUT2D eigenvalue weighted by atomic mass is 16.5. The van der Waals surface area contributed by atoms with E-state index in [0.717, 1.165) is 19.3 Å². The van der Waals surface area contributed by atoms with Crippen LogP contribution >= 0.6 is 0 Å². The van der Waals surface area contributed by atoms with Crippen LogP contribution in [-0.2, 0) is 0 Å². The van der Waals surface area contributed by atoms with Crippen molar-refractivity contribution in [3.8, 4) is 5.75 Å². The largest absolute Gasteiger partial charge is 0.410 e. The summed E-state index contributed by atoms with van der Waals surface area (Å²) < 4.78 is 6.69. The van der Waals surface area contributed by atoms with Crippen LogP contribution in [0.2, 0.25) is 0 Å². The van der Waals surface area contributed by atoms with E-state index in [4.69, 9.17) is 16.2 Å². The second-order valence-electron chi connectivity index (χ2n) is 5.08. The molecule has 6 nitrogen and oxygen atoms in total. The van der Waals surface area contributed by atoms with Crippen LogP contribution in [0.4, 0.5) is 10.6 Å². The standard InChI is InChI=1S/C14H26N4O2/c1-4-6-7-8-9-11(5-2)18-13(15)12(10(3)17-18)20-14(16)19/h11H,4-9,15H2,1-3H3,(H2,16,19). The zero-order valence-corrected chi connectivity index (χ0v) is 12.7. The van der Waals surface area contributed by atoms with Gasteiger partial charge in [-0.25, -0.2) is 9.48 Å². The van der Waals surface area contributed by atoms with E-state index in [-0.39, 0.29) is 11.8 Å². The van der Waals surface area contributed by atoms with Crippen molar-refractivity contribution in [2.24, 2.45) is 5.73 Å². The molecule has 0 aliphatic carbocycles. The van der Waals surface area contributed by atoms with Crippen molar-refractivity contribution in [3.05, 3.63) is 5.69 Å². The summed E-state index contributed by atoms with van der Waals surface area (Å²) in [5.41, 5.74) is 11.7. The third-order valence-electron chi connectivity index (χ3n) is 3.48. The number of amides is 1. The molecular formula is C14H26N4O2. The minimum absolute atomic E-state index is 0.232. The molecule has 0 saturated heterocycles. The molecule has 6 heteroatoms. The molecule has 0 aromatic carbocycles. The van der Waals surface area contributed by atoms with Crippen LogP contribution in [0.1, 0.15) is 64.1 Å². The Morgan fingerprint density at radius 1 is 1.35 bits per heavy atom. The maximum atomic E-state index is 10.9. The van der Waals surface area contributed by atoms with Crippen LogP contribution in [0.5, 0.6) is 5.75 Å². The van der Waals surface area contributed by atoms with Crippen molar-refractivity contribution in [2.75, 3.05) is 5.73 Å². The monoisotopic (exact) mass is 282 g/mol. The van der Waals surface area contributed by atoms with Crippen molar-refractivity contribution < 1.29 is 9.53 Å². The number of nitrogens with zero attached hydrogens (tertiary/aromatic N) is 2. The van der Waals surface area contributed by atoms with E-state index in [1.165, 1.54) is 19.3 Å². The molecule has 4 N–H and O–H groups in total. The molecule has 0 bridgehead atoms. The topological polar surface area (TPSA) is 96.2 Å². The number of carbonyl (C=O) groups is 1. The first-order valence-electron chi connectivity index (χ1n) is 7.33. The minimum atomic E-state index is -0.865. The highest BCUT2D eigenvalue weighted by Crippen LogP contribution is 2.31. The molecule has 1 atom stereocenters. The lowest BCUT2D eigenvalue weighted by atomic mass is 10.1. The molecule has 0 saturated carbocycles. The van der Waals surface area contributed by atoms with Crippen LogP contribution in [0.15, 0.2) is 0 Å². The number of ether oxygens (including phenoxy) is 1. The Kier molecular flexibility index (Phi) is 6.35. The summed E-state index contributed by atoms with van der Waals surface area (Å²) in [6.45, 7) is 6.06. The van der Waals surface area contributed by atoms with Gasteiger partial charge in [-0.1, -0.05) is 39.5 Å². The lowest BCUT2D eigenvalue weighted by Crippen LogP contribution is -2.18. The molecule has 1 aromatic heterocycles. The average molecular weight is 282 g/mol. The van der Waals surface area contributed by atoms with Gasteiger partial charge in [-0.2, -0.15) is 5.10 Å². The molecule has 0 spiro atoms. The molecule has 0 aliphatic rings. The van der Waals surface area contributed by atoms with E-state index in [9.17, 15) is 4.79 Å². The molecule has 1 aromatic rings. The van der Waals surface area contributed by atoms with E-state index in [0.29, 0.717) is 11.5 Å². The van der Waals surface area contributed by atoms with Gasteiger partial charge in [0, 0.05) is 0 Å². The molecule has 0 fully saturated rings. The minimum Gasteiger partial charge on any atom is -0.405 e. The first-order chi connectivity index (χ1) is 9.51. The third-order valence-corrected chi connectivity index (χ3v) is 3.48. The predicted octanol–water partition coefficient (Wildman–Crippen LogP) is 3.15. The van der Waals surface area contributed by atoms with E-state index in [2.05, 4.69) is 18.9 Å². The van der Waals surface area contributed by atoms with Gasteiger partial charge in [0.2, 0.25) is 0 Å². The van der Waals surface area contributed by atoms with Crippen LogP contribution in [0.25, 0.3) is 0 Å². The van der Waals surface area contributed by atoms with Crippen molar-refractivity contribution in [2.45, 2.75) is 65.3 Å². The summed E-state index contributed by atoms with van der Waals surface area (Å²) >= 11 is 0. The van der Waals surface area contributed by atoms with Crippen LogP contribution in [0.3, 0.4) is 0 Å². The van der Waals surface area contributed by atoms with Gasteiger partial charge in [0.15, 0.2) is 11.6 Å². The number of anilines is 1. The Labute approximate surface area is 120 Å². The van der Waals surface area contributed by atoms with Gasteiger partial charge in [-0.15, -0.1) is 0 Å². The number of aromatic nitrogens is 2. The summed E-state index contributed by atoms with van der Waals surface area (Å²) in [5.74, 6) is 0.660. The van der Waals surface area contributed by atoms with E-state index < -0.39 is 6.09 Å². The van der Waals surface area contributed by atoms with Gasteiger partial charge < -0.3 is 16.2 Å². The highest BCUT2D eigenvalue weighted by Gasteiger charge is 2.20. The molecule has 114 valence electrons. The Morgan fingerprint density at radius 2 is 2.05 bits per heavy atom. The van der Waals surface area contributed by atoms with Gasteiger partial charge in [0.05, 0.1) is 6.04 Å². The van der Waals surface area contributed by atoms with Gasteiger partial charge >= 0.3 is 6.09 Å². The van der Waals surface area contributed by atoms with Gasteiger partial charge in [0.1, 0.15) is 5.69 Å². The molecule has 1 unspecified atom stereocenters. The van der Waals surface area contributed by atoms with Crippen molar-refractivity contribution in [3.63, 3.8) is 0 Å². The van der Waals surface area contributed by atoms with Crippen molar-refractivity contribution >= 4 is 11.9 Å². The molecule has 0 aliphatic heterocycles. The highest BCUT2D eigenvalue weighted by molar-refractivity contribution is 5.70. The van der Waals surface area contributed by atoms with Gasteiger partial charge in [-0.05, 0) is 19.8 Å². The molecular weight excluding hydrogens is 256 g/mol. The normalized spacial score (nSPS) is 12.3. The number of carbonyl (C=O) groups excluding carboxylic acids is 1. The van der Waals surface area contributed by atoms with Crippen LogP contribution < -0.4 is 16.2 Å². The number of nitrogen functional groups attached to an aromatic ring is 1. The number of rotatable bonds is 8. The van der Waals surface area contributed by atoms with Crippen molar-refractivity contribution in [1.82, 2.24) is 9.78 Å². The summed E-state index contributed by atoms with van der Waals surface area (Å²) in [5, 5.41) is 4.39. The smallest absolute Gasteiger partial charge is 0.405 e. The zero-order valence-electron chi connectivity index (χ0n) is 12.7. The fourth-order valence-corrected chi connectivity index (χ4v) is 2.36. The number of hydrogen-bond donors (Lipinski definition) is 2. The molecule has 20 heavy (non-hydrogen) atoms. The first-order valence-corrected chi connectivity index (χ1v) is 7.33. The number of unbranched alkanes of at least 4 members (excludes halogenated alkanes) is 3. The zero-order chi connectivity index (χ0) is 15.1. The van der Waals surface area contributed by atoms with Crippen LogP contribution in [-0.4, -0.2) is 15.9 Å². The summed E-state index contributed by atoms with van der Waals surface area (Å²) in [6, 6.07) is 0.232. The molecule has 1 heterocycles. The van der Waals surface area contributed by atoms with Gasteiger partial charge in [-0.3, -0.25) is 0 Å². The maximum Gasteiger partial charge on any atom is 0.410 e. The molecule has 0 radical (unpaired) electrons. The number of aryl methyl sites for hydroxylation is 1. The third kappa shape index (κ3) is 4.15. The predicted molar refractivity (Wildman–Crippen MR) is 79.7 cm³/mol. The second kappa shape index (κ2) is 7.77. The molecule has 1 rings (SSSR count). The lowest BCUT2D eigenvalue weighted by molar-refractivity contribution is 0.210. The molecule has 1 amide bonds. The average Bonchev–Trinajstić information content (AvgIpc) is 2.67. The van der Waals surface area contributed by atoms with Crippen molar-refractivity contribution in [1.29, 1.82) is 0 Å². The van der Waals surface area contributed by atoms with Crippen LogP contribution in [0, 0.1) is 6.92 Å². The Bertz CT molecular complexity index is 443. The summed E-state index contributed by atoms with van der Waals surface area (Å²) in [4.78, 5) is 10.9. The van der Waals surface area contributed by atoms with E-state index in [1.807, 2.05) is 0 Å². The number of primary amides is 1. The number of nitrogens with two attached hydrogens (primary N) is 2. The SMILES string of the molecule is CCCCCCC(CC)n1nc(C)c(OC(N)=O)c1N. The Hall–Kier alpha value is -1.72. The fraction of sp³-hybridized carbons (Fsp3) is 0.714. The lowest BCUT2D eigenvalue weighted by Gasteiger charge is -2.17. The van der Waals surface area contributed by atoms with Gasteiger partial charge in [0.25, 0.3) is 0 Å². The maximum absolute atomic E-state index is 10.9. The van der Waals surface area contributed by atoms with E-state index >= 15 is 0 Å². The number of hydrogen-bond acceptors (Lipinski definition) is 4. The first kappa shape index (κ1) is 16.3. The Morgan fingerprint density at radius 3 is 2.60 bits per heavy atom. The second-order valence-corrected chi connectivity index (χ2v) is 5.08. The van der Waals surface area contributed by atoms with E-state index in [1.54, 1.807) is 11.6 Å². The fourth-order valence-electron chi connectivity index (χ4n) is 2.36. The Balaban J connectivity index is 2.79. The summed E-state index contributed by atoms with van der Waals surface area (Å²) in [7, 11) is 0. The summed E-state index contributed by atoms with van der Waals surface area (Å²) in [6.07, 6.45) is 5.94.